The van der Waals surface area contributed by atoms with E-state index in [1.807, 2.05) is 54.9 Å². The molecule has 0 saturated heterocycles. The van der Waals surface area contributed by atoms with Gasteiger partial charge in [-0.1, -0.05) is 29.8 Å². The van der Waals surface area contributed by atoms with Crippen LogP contribution >= 0.6 is 11.6 Å². The van der Waals surface area contributed by atoms with E-state index in [0.29, 0.717) is 17.4 Å². The lowest BCUT2D eigenvalue weighted by Gasteiger charge is -2.10. The van der Waals surface area contributed by atoms with E-state index < -0.39 is 0 Å². The summed E-state index contributed by atoms with van der Waals surface area (Å²) in [7, 11) is 0. The van der Waals surface area contributed by atoms with Gasteiger partial charge in [0.15, 0.2) is 0 Å². The molecule has 0 aliphatic heterocycles. The van der Waals surface area contributed by atoms with E-state index in [0.717, 1.165) is 41.8 Å². The van der Waals surface area contributed by atoms with Crippen molar-refractivity contribution < 1.29 is 4.39 Å². The highest BCUT2D eigenvalue weighted by Crippen LogP contribution is 2.28. The van der Waals surface area contributed by atoms with Crippen LogP contribution in [0.4, 0.5) is 10.2 Å². The molecule has 0 bridgehead atoms. The number of benzene rings is 1. The minimum absolute atomic E-state index is 0.249. The van der Waals surface area contributed by atoms with Crippen molar-refractivity contribution in [3.05, 3.63) is 107 Å². The number of hydrogen-bond acceptors (Lipinski definition) is 4. The average molecular weight is 433 g/mol. The highest BCUT2D eigenvalue weighted by Gasteiger charge is 2.09. The van der Waals surface area contributed by atoms with Crippen molar-refractivity contribution in [3.8, 4) is 11.3 Å². The lowest BCUT2D eigenvalue weighted by atomic mass is 10.1. The number of aromatic nitrogens is 3. The zero-order valence-electron chi connectivity index (χ0n) is 16.9. The Kier molecular flexibility index (Phi) is 6.85. The maximum absolute atomic E-state index is 13.4. The van der Waals surface area contributed by atoms with Gasteiger partial charge in [0.1, 0.15) is 11.6 Å². The molecule has 0 fully saturated rings. The minimum Gasteiger partial charge on any atom is -0.366 e. The van der Waals surface area contributed by atoms with E-state index in [1.165, 1.54) is 17.7 Å². The summed E-state index contributed by atoms with van der Waals surface area (Å²) in [6.45, 7) is 0.485. The van der Waals surface area contributed by atoms with Gasteiger partial charge >= 0.3 is 0 Å². The second-order valence-corrected chi connectivity index (χ2v) is 7.66. The van der Waals surface area contributed by atoms with Gasteiger partial charge in [-0.3, -0.25) is 9.97 Å². The first-order chi connectivity index (χ1) is 15.2. The summed E-state index contributed by atoms with van der Waals surface area (Å²) >= 11 is 6.43. The highest BCUT2D eigenvalue weighted by atomic mass is 35.5. The average Bonchev–Trinajstić information content (AvgIpc) is 2.80. The zero-order chi connectivity index (χ0) is 21.5. The van der Waals surface area contributed by atoms with Gasteiger partial charge in [0.25, 0.3) is 0 Å². The number of rotatable bonds is 8. The number of aryl methyl sites for hydroxylation is 2. The van der Waals surface area contributed by atoms with E-state index in [-0.39, 0.29) is 5.82 Å². The van der Waals surface area contributed by atoms with Crippen molar-refractivity contribution in [1.29, 1.82) is 0 Å². The summed E-state index contributed by atoms with van der Waals surface area (Å²) < 4.78 is 13.4. The standard InChI is InChI=1S/C25H22ClFN4/c26-23-17-29-21(7-2-4-18-10-12-28-13-11-18)15-22(23)24-8-3-9-25(31-24)30-16-19-5-1-6-20(27)14-19/h1,3,5-6,8-15,17H,2,4,7,16H2,(H,30,31). The predicted molar refractivity (Wildman–Crippen MR) is 122 cm³/mol. The van der Waals surface area contributed by atoms with Gasteiger partial charge in [0.2, 0.25) is 0 Å². The first kappa shape index (κ1) is 20.9. The molecule has 1 N–H and O–H groups in total. The number of halogens is 2. The Hall–Kier alpha value is -3.31. The smallest absolute Gasteiger partial charge is 0.126 e. The molecule has 0 aliphatic carbocycles. The molecular formula is C25H22ClFN4. The van der Waals surface area contributed by atoms with E-state index in [2.05, 4.69) is 20.3 Å². The van der Waals surface area contributed by atoms with Crippen LogP contribution in [0, 0.1) is 5.82 Å². The molecule has 156 valence electrons. The molecule has 3 aromatic heterocycles. The second-order valence-electron chi connectivity index (χ2n) is 7.26. The third-order valence-electron chi connectivity index (χ3n) is 4.95. The molecule has 4 rings (SSSR count). The molecule has 0 saturated carbocycles. The Morgan fingerprint density at radius 2 is 1.74 bits per heavy atom. The predicted octanol–water partition coefficient (Wildman–Crippen LogP) is 6.12. The van der Waals surface area contributed by atoms with Gasteiger partial charge in [-0.2, -0.15) is 0 Å². The second kappa shape index (κ2) is 10.1. The molecule has 4 nitrogen and oxygen atoms in total. The SMILES string of the molecule is Fc1cccc(CNc2cccc(-c3cc(CCCc4ccncc4)ncc3Cl)n2)c1. The molecule has 6 heteroatoms. The van der Waals surface area contributed by atoms with Crippen LogP contribution < -0.4 is 5.32 Å². The van der Waals surface area contributed by atoms with Gasteiger partial charge in [0.05, 0.1) is 10.7 Å². The number of pyridine rings is 3. The van der Waals surface area contributed by atoms with Crippen molar-refractivity contribution in [1.82, 2.24) is 15.0 Å². The maximum Gasteiger partial charge on any atom is 0.126 e. The summed E-state index contributed by atoms with van der Waals surface area (Å²) in [6.07, 6.45) is 8.13. The number of hydrogen-bond donors (Lipinski definition) is 1. The van der Waals surface area contributed by atoms with Gasteiger partial charge in [0, 0.05) is 36.4 Å². The van der Waals surface area contributed by atoms with Crippen molar-refractivity contribution in [2.45, 2.75) is 25.8 Å². The van der Waals surface area contributed by atoms with Crippen LogP contribution in [0.2, 0.25) is 5.02 Å². The first-order valence-electron chi connectivity index (χ1n) is 10.2. The molecule has 4 aromatic rings. The Bertz CT molecular complexity index is 1150. The van der Waals surface area contributed by atoms with E-state index in [4.69, 9.17) is 11.6 Å². The lowest BCUT2D eigenvalue weighted by Crippen LogP contribution is -2.02. The van der Waals surface area contributed by atoms with Crippen LogP contribution in [0.15, 0.2) is 79.3 Å². The van der Waals surface area contributed by atoms with Crippen molar-refractivity contribution in [2.24, 2.45) is 0 Å². The van der Waals surface area contributed by atoms with Crippen molar-refractivity contribution in [3.63, 3.8) is 0 Å². The number of nitrogens with one attached hydrogen (secondary N) is 1. The monoisotopic (exact) mass is 432 g/mol. The molecule has 31 heavy (non-hydrogen) atoms. The maximum atomic E-state index is 13.4. The summed E-state index contributed by atoms with van der Waals surface area (Å²) in [5.41, 5.74) is 4.72. The van der Waals surface area contributed by atoms with Crippen LogP contribution in [0.5, 0.6) is 0 Å². The summed E-state index contributed by atoms with van der Waals surface area (Å²) in [5, 5.41) is 3.81. The summed E-state index contributed by atoms with van der Waals surface area (Å²) in [6, 6.07) is 18.3. The van der Waals surface area contributed by atoms with Gasteiger partial charge in [-0.05, 0) is 72.9 Å². The van der Waals surface area contributed by atoms with Gasteiger partial charge in [-0.15, -0.1) is 0 Å². The van der Waals surface area contributed by atoms with Crippen LogP contribution in [0.1, 0.15) is 23.2 Å². The molecule has 0 spiro atoms. The fourth-order valence-electron chi connectivity index (χ4n) is 3.36. The Morgan fingerprint density at radius 3 is 2.58 bits per heavy atom. The van der Waals surface area contributed by atoms with Crippen LogP contribution in [0.3, 0.4) is 0 Å². The summed E-state index contributed by atoms with van der Waals surface area (Å²) in [5.74, 6) is 0.454. The fraction of sp³-hybridized carbons (Fsp3) is 0.160. The molecule has 0 aliphatic rings. The molecule has 1 aromatic carbocycles. The molecule has 0 radical (unpaired) electrons. The number of anilines is 1. The fourth-order valence-corrected chi connectivity index (χ4v) is 3.56. The molecule has 0 atom stereocenters. The minimum atomic E-state index is -0.249. The molecular weight excluding hydrogens is 411 g/mol. The quantitative estimate of drug-likeness (QED) is 0.364. The normalized spacial score (nSPS) is 10.8. The Balaban J connectivity index is 1.44. The lowest BCUT2D eigenvalue weighted by molar-refractivity contribution is 0.626. The van der Waals surface area contributed by atoms with Gasteiger partial charge < -0.3 is 5.32 Å². The molecule has 3 heterocycles. The number of nitrogens with zero attached hydrogens (tertiary/aromatic N) is 3. The largest absolute Gasteiger partial charge is 0.366 e. The first-order valence-corrected chi connectivity index (χ1v) is 10.5. The third kappa shape index (κ3) is 5.86. The van der Waals surface area contributed by atoms with Crippen molar-refractivity contribution >= 4 is 17.4 Å². The summed E-state index contributed by atoms with van der Waals surface area (Å²) in [4.78, 5) is 13.2. The van der Waals surface area contributed by atoms with E-state index in [1.54, 1.807) is 12.3 Å². The Labute approximate surface area is 186 Å². The zero-order valence-corrected chi connectivity index (χ0v) is 17.7. The van der Waals surface area contributed by atoms with Gasteiger partial charge in [-0.25, -0.2) is 9.37 Å². The van der Waals surface area contributed by atoms with E-state index >= 15 is 0 Å². The highest BCUT2D eigenvalue weighted by molar-refractivity contribution is 6.33. The van der Waals surface area contributed by atoms with Crippen molar-refractivity contribution in [2.75, 3.05) is 5.32 Å². The van der Waals surface area contributed by atoms with Crippen LogP contribution in [0.25, 0.3) is 11.3 Å². The van der Waals surface area contributed by atoms with E-state index in [9.17, 15) is 4.39 Å². The Morgan fingerprint density at radius 1 is 0.903 bits per heavy atom. The topological polar surface area (TPSA) is 50.7 Å². The van der Waals surface area contributed by atoms with Crippen LogP contribution in [-0.2, 0) is 19.4 Å². The van der Waals surface area contributed by atoms with Crippen LogP contribution in [-0.4, -0.2) is 15.0 Å². The molecule has 0 amide bonds. The molecule has 0 unspecified atom stereocenters. The third-order valence-corrected chi connectivity index (χ3v) is 5.25.